The third-order valence-corrected chi connectivity index (χ3v) is 1.22. The van der Waals surface area contributed by atoms with Crippen LogP contribution in [0.4, 0.5) is 0 Å². The van der Waals surface area contributed by atoms with Gasteiger partial charge in [-0.1, -0.05) is 24.3 Å². The second-order valence-corrected chi connectivity index (χ2v) is 1.68. The molecule has 2 aliphatic rings. The number of hydrogen-bond acceptors (Lipinski definition) is 1. The van der Waals surface area contributed by atoms with E-state index in [1.807, 2.05) is 0 Å². The first-order valence-corrected chi connectivity index (χ1v) is 2.49. The van der Waals surface area contributed by atoms with Crippen LogP contribution in [0.3, 0.4) is 0 Å². The van der Waals surface area contributed by atoms with Gasteiger partial charge in [-0.25, -0.2) is 0 Å². The fourth-order valence-electron chi connectivity index (χ4n) is 0.663. The molecule has 0 radical (unpaired) electrons. The van der Waals surface area contributed by atoms with E-state index in [0.717, 1.165) is 0 Å². The minimum atomic E-state index is 1.43. The average molecular weight is 119 g/mol. The van der Waals surface area contributed by atoms with E-state index < -0.39 is 0 Å². The number of benzene rings is 1. The van der Waals surface area contributed by atoms with Gasteiger partial charge in [0.1, 0.15) is 0 Å². The van der Waals surface area contributed by atoms with Crippen molar-refractivity contribution in [3.63, 3.8) is 0 Å². The summed E-state index contributed by atoms with van der Waals surface area (Å²) in [5.41, 5.74) is 15.1. The van der Waals surface area contributed by atoms with Crippen LogP contribution in [0.5, 0.6) is 0 Å². The third-order valence-electron chi connectivity index (χ3n) is 1.22. The summed E-state index contributed by atoms with van der Waals surface area (Å²) in [6.45, 7) is 0. The molecule has 0 aromatic carbocycles. The minimum Gasteiger partial charge on any atom is -0.108 e. The van der Waals surface area contributed by atoms with Crippen LogP contribution in [0.15, 0.2) is 24.3 Å². The summed E-state index contributed by atoms with van der Waals surface area (Å²) >= 11 is 0. The van der Waals surface area contributed by atoms with E-state index in [1.165, 1.54) is 11.1 Å². The van der Waals surface area contributed by atoms with E-state index in [0.29, 0.717) is 0 Å². The summed E-state index contributed by atoms with van der Waals surface area (Å²) in [4.78, 5) is 1.75. The Morgan fingerprint density at radius 2 is 1.33 bits per heavy atom. The third kappa shape index (κ3) is 0.854. The van der Waals surface area contributed by atoms with Crippen molar-refractivity contribution in [2.45, 2.75) is 0 Å². The lowest BCUT2D eigenvalue weighted by Gasteiger charge is -2.10. The molecule has 0 unspecified atom stereocenters. The van der Waals surface area contributed by atoms with Crippen molar-refractivity contribution in [1.29, 1.82) is 5.53 Å². The maximum atomic E-state index is 6.86. The quantitative estimate of drug-likeness (QED) is 0.314. The smallest absolute Gasteiger partial charge is 0.00208 e. The Bertz CT molecular complexity index is 210. The molecule has 1 N–H and O–H groups in total. The standard InChI is InChI=1S/C6H4.HN3/c1-2-6-4-3-5(1)6;1-3-2/h1-4H;1H. The van der Waals surface area contributed by atoms with Gasteiger partial charge in [0.05, 0.1) is 0 Å². The van der Waals surface area contributed by atoms with Gasteiger partial charge in [-0.05, 0) is 21.6 Å². The molecule has 3 heteroatoms. The van der Waals surface area contributed by atoms with E-state index in [2.05, 4.69) is 24.3 Å². The molecule has 2 aliphatic carbocycles. The van der Waals surface area contributed by atoms with E-state index in [1.54, 1.807) is 4.91 Å². The Labute approximate surface area is 52.4 Å². The van der Waals surface area contributed by atoms with Crippen LogP contribution in [0.1, 0.15) is 0 Å². The number of nitrogens with one attached hydrogen (secondary N) is 1. The van der Waals surface area contributed by atoms with Crippen molar-refractivity contribution in [2.24, 2.45) is 0 Å². The molecule has 0 heterocycles. The van der Waals surface area contributed by atoms with Crippen molar-refractivity contribution < 1.29 is 0 Å². The predicted octanol–water partition coefficient (Wildman–Crippen LogP) is 2.54. The molecule has 3 nitrogen and oxygen atoms in total. The Hall–Kier alpha value is -1.47. The maximum Gasteiger partial charge on any atom is -0.00208 e. The summed E-state index contributed by atoms with van der Waals surface area (Å²) in [5.74, 6) is 0. The van der Waals surface area contributed by atoms with Gasteiger partial charge in [0.15, 0.2) is 0 Å². The van der Waals surface area contributed by atoms with Crippen LogP contribution in [-0.4, -0.2) is 0 Å². The summed E-state index contributed by atoms with van der Waals surface area (Å²) in [7, 11) is 0. The van der Waals surface area contributed by atoms with Gasteiger partial charge in [0.25, 0.3) is 0 Å². The van der Waals surface area contributed by atoms with Gasteiger partial charge in [-0.2, -0.15) is 0 Å². The molecular weight excluding hydrogens is 114 g/mol. The zero-order valence-electron chi connectivity index (χ0n) is 4.70. The molecule has 0 fully saturated rings. The zero-order chi connectivity index (χ0) is 6.69. The number of nitrogens with zero attached hydrogens (tertiary/aromatic N) is 2. The molecule has 0 atom stereocenters. The number of fused-ring (bicyclic) bond motifs is 1. The predicted molar refractivity (Wildman–Crippen MR) is 34.9 cm³/mol. The maximum absolute atomic E-state index is 6.86. The lowest BCUT2D eigenvalue weighted by atomic mass is 9.95. The first-order valence-electron chi connectivity index (χ1n) is 2.49. The second kappa shape index (κ2) is 2.20. The van der Waals surface area contributed by atoms with Crippen LogP contribution in [0.25, 0.3) is 21.6 Å². The highest BCUT2D eigenvalue weighted by Crippen LogP contribution is 2.29. The van der Waals surface area contributed by atoms with E-state index in [9.17, 15) is 0 Å². The SMILES string of the molecule is [N-]=[N+]=N.c1cc2ccc1-2. The molecule has 0 saturated heterocycles. The summed E-state index contributed by atoms with van der Waals surface area (Å²) in [5, 5.41) is 0. The minimum absolute atomic E-state index is 1.43. The summed E-state index contributed by atoms with van der Waals surface area (Å²) in [6.07, 6.45) is 0. The van der Waals surface area contributed by atoms with Crippen molar-refractivity contribution in [1.82, 2.24) is 0 Å². The zero-order valence-corrected chi connectivity index (χ0v) is 4.70. The number of hydrogen-bond donors (Lipinski definition) is 1. The normalized spacial score (nSPS) is 8.44. The van der Waals surface area contributed by atoms with Gasteiger partial charge in [-0.3, -0.25) is 0 Å². The first kappa shape index (κ1) is 5.66. The van der Waals surface area contributed by atoms with Gasteiger partial charge in [0, 0.05) is 0 Å². The first-order chi connectivity index (χ1) is 4.38. The van der Waals surface area contributed by atoms with Crippen LogP contribution in [0.2, 0.25) is 0 Å². The van der Waals surface area contributed by atoms with Gasteiger partial charge >= 0.3 is 0 Å². The highest BCUT2D eigenvalue weighted by Gasteiger charge is 2.03. The average Bonchev–Trinajstić information content (AvgIpc) is 1.81. The fourth-order valence-corrected chi connectivity index (χ4v) is 0.663. The molecule has 0 saturated carbocycles. The highest BCUT2D eigenvalue weighted by atomic mass is 15.0. The van der Waals surface area contributed by atoms with Crippen LogP contribution in [0, 0.1) is 5.53 Å². The van der Waals surface area contributed by atoms with Crippen molar-refractivity contribution in [3.8, 4) is 11.1 Å². The van der Waals surface area contributed by atoms with Gasteiger partial charge < -0.3 is 0 Å². The summed E-state index contributed by atoms with van der Waals surface area (Å²) in [6, 6.07) is 8.48. The van der Waals surface area contributed by atoms with E-state index >= 15 is 0 Å². The van der Waals surface area contributed by atoms with Crippen molar-refractivity contribution in [3.05, 3.63) is 34.7 Å². The molecular formula is C6H5N3. The Kier molecular flexibility index (Phi) is 1.38. The second-order valence-electron chi connectivity index (χ2n) is 1.68. The van der Waals surface area contributed by atoms with E-state index in [4.69, 9.17) is 11.1 Å². The van der Waals surface area contributed by atoms with Crippen molar-refractivity contribution >= 4 is 0 Å². The van der Waals surface area contributed by atoms with Crippen molar-refractivity contribution in [2.75, 3.05) is 0 Å². The molecule has 0 aromatic rings. The Balaban J connectivity index is 0.000000120. The van der Waals surface area contributed by atoms with Gasteiger partial charge in [-0.15, -0.1) is 5.53 Å². The van der Waals surface area contributed by atoms with Crippen LogP contribution >= 0.6 is 0 Å². The van der Waals surface area contributed by atoms with Crippen LogP contribution in [-0.2, 0) is 0 Å². The van der Waals surface area contributed by atoms with Crippen LogP contribution < -0.4 is 0 Å². The van der Waals surface area contributed by atoms with E-state index in [-0.39, 0.29) is 0 Å². The Morgan fingerprint density at radius 3 is 1.33 bits per heavy atom. The topological polar surface area (TPSA) is 60.3 Å². The van der Waals surface area contributed by atoms with Gasteiger partial charge in [0.2, 0.25) is 0 Å². The summed E-state index contributed by atoms with van der Waals surface area (Å²) < 4.78 is 0. The molecule has 0 amide bonds. The fraction of sp³-hybridized carbons (Fsp3) is 0. The Morgan fingerprint density at radius 1 is 1.11 bits per heavy atom. The lowest BCUT2D eigenvalue weighted by Crippen LogP contribution is -1.85. The molecule has 0 spiro atoms. The lowest BCUT2D eigenvalue weighted by molar-refractivity contribution is 1.45. The molecule has 9 heavy (non-hydrogen) atoms. The highest BCUT2D eigenvalue weighted by molar-refractivity contribution is 5.75. The number of rotatable bonds is 0. The largest absolute Gasteiger partial charge is 0.108 e. The molecule has 0 aromatic heterocycles. The molecule has 0 bridgehead atoms. The molecule has 2 rings (SSSR count). The monoisotopic (exact) mass is 119 g/mol. The molecule has 44 valence electrons. The molecule has 0 aliphatic heterocycles.